The van der Waals surface area contributed by atoms with E-state index in [1.807, 2.05) is 0 Å². The van der Waals surface area contributed by atoms with Gasteiger partial charge in [0.1, 0.15) is 0 Å². The highest BCUT2D eigenvalue weighted by molar-refractivity contribution is 5.97. The maximum Gasteiger partial charge on any atom is 0.426 e. The van der Waals surface area contributed by atoms with Crippen molar-refractivity contribution in [1.29, 1.82) is 0 Å². The lowest BCUT2D eigenvalue weighted by molar-refractivity contribution is -0.377. The third-order valence-corrected chi connectivity index (χ3v) is 6.14. The number of para-hydroxylation sites is 1. The monoisotopic (exact) mass is 540 g/mol. The third kappa shape index (κ3) is 5.52. The van der Waals surface area contributed by atoms with Gasteiger partial charge in [-0.15, -0.1) is 5.10 Å². The molecular weight excluding hydrogens is 518 g/mol. The molecule has 4 rings (SSSR count). The fourth-order valence-electron chi connectivity index (χ4n) is 3.81. The maximum atomic E-state index is 13.2. The molecule has 0 saturated carbocycles. The number of alkyl halides is 6. The molecular formula is C25H22F6N4O3. The van der Waals surface area contributed by atoms with Gasteiger partial charge in [-0.25, -0.2) is 4.68 Å². The van der Waals surface area contributed by atoms with E-state index >= 15 is 0 Å². The molecule has 2 N–H and O–H groups in total. The zero-order chi connectivity index (χ0) is 27.7. The first-order valence-electron chi connectivity index (χ1n) is 11.4. The van der Waals surface area contributed by atoms with Crippen LogP contribution in [-0.4, -0.2) is 46.1 Å². The number of hydrogen-bond donors (Lipinski definition) is 2. The van der Waals surface area contributed by atoms with Crippen molar-refractivity contribution < 1.29 is 40.7 Å². The van der Waals surface area contributed by atoms with Gasteiger partial charge in [0.25, 0.3) is 5.60 Å². The van der Waals surface area contributed by atoms with Crippen LogP contribution in [0.25, 0.3) is 16.9 Å². The van der Waals surface area contributed by atoms with Crippen LogP contribution in [0, 0.1) is 5.92 Å². The SMILES string of the molecule is CC(OCc1cccc(-c2cc(NC(=O)[C@H]3CNC(=O)C3)nn2-c2ccccc2)c1)(C(F)(F)F)C(F)(F)F. The van der Waals surface area contributed by atoms with Crippen LogP contribution >= 0.6 is 0 Å². The first-order chi connectivity index (χ1) is 17.8. The lowest BCUT2D eigenvalue weighted by Gasteiger charge is -2.33. The summed E-state index contributed by atoms with van der Waals surface area (Å²) in [6.07, 6.45) is -11.3. The lowest BCUT2D eigenvalue weighted by atomic mass is 10.0. The van der Waals surface area contributed by atoms with Crippen molar-refractivity contribution in [2.45, 2.75) is 37.9 Å². The highest BCUT2D eigenvalue weighted by Gasteiger charge is 2.69. The van der Waals surface area contributed by atoms with E-state index in [1.165, 1.54) is 28.9 Å². The number of hydrogen-bond acceptors (Lipinski definition) is 4. The number of aromatic nitrogens is 2. The zero-order valence-electron chi connectivity index (χ0n) is 19.9. The number of rotatable bonds is 7. The Hall–Kier alpha value is -3.87. The second kappa shape index (κ2) is 10.1. The molecule has 0 unspecified atom stereocenters. The van der Waals surface area contributed by atoms with Gasteiger partial charge in [-0.3, -0.25) is 9.59 Å². The third-order valence-electron chi connectivity index (χ3n) is 6.14. The Morgan fingerprint density at radius 3 is 2.34 bits per heavy atom. The van der Waals surface area contributed by atoms with E-state index in [4.69, 9.17) is 0 Å². The molecule has 1 aliphatic rings. The van der Waals surface area contributed by atoms with Crippen molar-refractivity contribution in [2.24, 2.45) is 5.92 Å². The standard InChI is InChI=1S/C25H22F6N4O3/c1-23(24(26,27)28,25(29,30)31)38-14-15-6-5-7-16(10-15)19-12-20(33-22(37)17-11-21(36)32-13-17)34-35(19)18-8-3-2-4-9-18/h2-10,12,17H,11,13-14H2,1H3,(H,32,36)(H,33,34,37)/t17-/m1/s1. The van der Waals surface area contributed by atoms with Crippen LogP contribution < -0.4 is 10.6 Å². The molecule has 13 heteroatoms. The van der Waals surface area contributed by atoms with Crippen LogP contribution in [0.4, 0.5) is 32.2 Å². The zero-order valence-corrected chi connectivity index (χ0v) is 19.9. The number of anilines is 1. The predicted octanol–water partition coefficient (Wildman–Crippen LogP) is 5.01. The van der Waals surface area contributed by atoms with E-state index in [2.05, 4.69) is 20.5 Å². The number of carbonyl (C=O) groups excluding carboxylic acids is 2. The molecule has 0 radical (unpaired) electrons. The van der Waals surface area contributed by atoms with Gasteiger partial charge in [0.15, 0.2) is 5.82 Å². The van der Waals surface area contributed by atoms with Crippen molar-refractivity contribution in [3.05, 3.63) is 66.2 Å². The average molecular weight is 540 g/mol. The van der Waals surface area contributed by atoms with Crippen LogP contribution in [-0.2, 0) is 20.9 Å². The first-order valence-corrected chi connectivity index (χ1v) is 11.4. The largest absolute Gasteiger partial charge is 0.426 e. The highest BCUT2D eigenvalue weighted by Crippen LogP contribution is 2.46. The summed E-state index contributed by atoms with van der Waals surface area (Å²) in [4.78, 5) is 24.0. The van der Waals surface area contributed by atoms with Crippen molar-refractivity contribution in [3.8, 4) is 16.9 Å². The Bertz CT molecular complexity index is 1310. The number of halogens is 6. The summed E-state index contributed by atoms with van der Waals surface area (Å²) >= 11 is 0. The van der Waals surface area contributed by atoms with Crippen LogP contribution in [0.1, 0.15) is 18.9 Å². The molecule has 202 valence electrons. The second-order valence-corrected chi connectivity index (χ2v) is 8.87. The Kier molecular flexibility index (Phi) is 7.24. The molecule has 2 aromatic carbocycles. The summed E-state index contributed by atoms with van der Waals surface area (Å²) in [5.41, 5.74) is -2.89. The summed E-state index contributed by atoms with van der Waals surface area (Å²) in [6, 6.07) is 16.0. The summed E-state index contributed by atoms with van der Waals surface area (Å²) in [5, 5.41) is 9.65. The minimum Gasteiger partial charge on any atom is -0.355 e. The van der Waals surface area contributed by atoms with E-state index in [-0.39, 0.29) is 37.2 Å². The van der Waals surface area contributed by atoms with Crippen LogP contribution in [0.15, 0.2) is 60.7 Å². The molecule has 0 bridgehead atoms. The van der Waals surface area contributed by atoms with Gasteiger partial charge in [0.2, 0.25) is 11.8 Å². The first kappa shape index (κ1) is 27.2. The molecule has 1 aromatic heterocycles. The van der Waals surface area contributed by atoms with Crippen molar-refractivity contribution in [3.63, 3.8) is 0 Å². The Morgan fingerprint density at radius 1 is 1.05 bits per heavy atom. The van der Waals surface area contributed by atoms with Crippen LogP contribution in [0.2, 0.25) is 0 Å². The molecule has 1 saturated heterocycles. The van der Waals surface area contributed by atoms with Crippen LogP contribution in [0.3, 0.4) is 0 Å². The van der Waals surface area contributed by atoms with Gasteiger partial charge in [-0.05, 0) is 30.7 Å². The van der Waals surface area contributed by atoms with Crippen molar-refractivity contribution >= 4 is 17.6 Å². The minimum absolute atomic E-state index is 0.0366. The molecule has 2 amide bonds. The van der Waals surface area contributed by atoms with E-state index in [1.54, 1.807) is 36.4 Å². The molecule has 2 heterocycles. The quantitative estimate of drug-likeness (QED) is 0.413. The lowest BCUT2D eigenvalue weighted by Crippen LogP contribution is -2.56. The van der Waals surface area contributed by atoms with Gasteiger partial charge in [0, 0.05) is 24.6 Å². The minimum atomic E-state index is -5.68. The fraction of sp³-hybridized carbons (Fsp3) is 0.320. The number of benzene rings is 2. The summed E-state index contributed by atoms with van der Waals surface area (Å²) in [7, 11) is 0. The number of ether oxygens (including phenoxy) is 1. The molecule has 1 fully saturated rings. The molecule has 0 spiro atoms. The number of carbonyl (C=O) groups is 2. The van der Waals surface area contributed by atoms with Gasteiger partial charge in [-0.2, -0.15) is 26.3 Å². The summed E-state index contributed by atoms with van der Waals surface area (Å²) < 4.78 is 85.2. The highest BCUT2D eigenvalue weighted by atomic mass is 19.4. The van der Waals surface area contributed by atoms with Crippen LogP contribution in [0.5, 0.6) is 0 Å². The maximum absolute atomic E-state index is 13.2. The van der Waals surface area contributed by atoms with Gasteiger partial charge in [0.05, 0.1) is 23.9 Å². The smallest absolute Gasteiger partial charge is 0.355 e. The van der Waals surface area contributed by atoms with E-state index in [9.17, 15) is 35.9 Å². The van der Waals surface area contributed by atoms with Gasteiger partial charge in [-0.1, -0.05) is 36.4 Å². The Balaban J connectivity index is 1.64. The summed E-state index contributed by atoms with van der Waals surface area (Å²) in [5.74, 6) is -1.10. The average Bonchev–Trinajstić information content (AvgIpc) is 3.48. The molecule has 1 atom stereocenters. The molecule has 1 aliphatic heterocycles. The van der Waals surface area contributed by atoms with E-state index < -0.39 is 36.4 Å². The van der Waals surface area contributed by atoms with E-state index in [0.29, 0.717) is 16.9 Å². The van der Waals surface area contributed by atoms with Crippen molar-refractivity contribution in [2.75, 3.05) is 11.9 Å². The molecule has 7 nitrogen and oxygen atoms in total. The fourth-order valence-corrected chi connectivity index (χ4v) is 3.81. The topological polar surface area (TPSA) is 85.2 Å². The Labute approximate surface area is 212 Å². The molecule has 38 heavy (non-hydrogen) atoms. The number of amides is 2. The molecule has 3 aromatic rings. The summed E-state index contributed by atoms with van der Waals surface area (Å²) in [6.45, 7) is -0.827. The number of nitrogens with one attached hydrogen (secondary N) is 2. The van der Waals surface area contributed by atoms with Crippen molar-refractivity contribution in [1.82, 2.24) is 15.1 Å². The van der Waals surface area contributed by atoms with Gasteiger partial charge < -0.3 is 15.4 Å². The normalized spacial score (nSPS) is 16.4. The van der Waals surface area contributed by atoms with E-state index in [0.717, 1.165) is 0 Å². The Morgan fingerprint density at radius 2 is 1.74 bits per heavy atom. The van der Waals surface area contributed by atoms with Gasteiger partial charge >= 0.3 is 12.4 Å². The molecule has 0 aliphatic carbocycles. The predicted molar refractivity (Wildman–Crippen MR) is 124 cm³/mol. The second-order valence-electron chi connectivity index (χ2n) is 8.87. The number of nitrogens with zero attached hydrogens (tertiary/aromatic N) is 2.